The molecule has 0 saturated heterocycles. The van der Waals surface area contributed by atoms with Crippen LogP contribution in [0.25, 0.3) is 0 Å². The summed E-state index contributed by atoms with van der Waals surface area (Å²) < 4.78 is 41.0. The Bertz CT molecular complexity index is 681. The van der Waals surface area contributed by atoms with Crippen molar-refractivity contribution in [2.75, 3.05) is 6.54 Å². The van der Waals surface area contributed by atoms with Crippen LogP contribution in [-0.2, 0) is 24.1 Å². The van der Waals surface area contributed by atoms with Crippen LogP contribution in [0, 0.1) is 6.92 Å². The first kappa shape index (κ1) is 18.3. The van der Waals surface area contributed by atoms with Crippen LogP contribution in [0.5, 0.6) is 0 Å². The molecular formula is C14H17ClF3N5O. The number of carbonyl (C=O) groups is 1. The van der Waals surface area contributed by atoms with Gasteiger partial charge in [-0.05, 0) is 19.4 Å². The van der Waals surface area contributed by atoms with E-state index >= 15 is 0 Å². The Labute approximate surface area is 141 Å². The smallest absolute Gasteiger partial charge is 0.356 e. The van der Waals surface area contributed by atoms with Crippen molar-refractivity contribution in [1.29, 1.82) is 0 Å². The summed E-state index contributed by atoms with van der Waals surface area (Å²) in [6.07, 6.45) is -0.381. The first-order chi connectivity index (χ1) is 11.3. The Kier molecular flexibility index (Phi) is 5.87. The maximum absolute atomic E-state index is 12.7. The highest BCUT2D eigenvalue weighted by molar-refractivity contribution is 6.31. The zero-order valence-corrected chi connectivity index (χ0v) is 13.7. The second kappa shape index (κ2) is 7.69. The van der Waals surface area contributed by atoms with E-state index in [1.165, 1.54) is 6.92 Å². The van der Waals surface area contributed by atoms with Crippen LogP contribution in [-0.4, -0.2) is 32.0 Å². The van der Waals surface area contributed by atoms with Crippen LogP contribution < -0.4 is 5.32 Å². The van der Waals surface area contributed by atoms with E-state index in [4.69, 9.17) is 11.6 Å². The molecular weight excluding hydrogens is 347 g/mol. The van der Waals surface area contributed by atoms with Gasteiger partial charge in [0.15, 0.2) is 5.69 Å². The van der Waals surface area contributed by atoms with Crippen LogP contribution in [0.1, 0.15) is 24.2 Å². The average Bonchev–Trinajstić information content (AvgIpc) is 3.11. The fraction of sp³-hybridized carbons (Fsp3) is 0.500. The van der Waals surface area contributed by atoms with Crippen molar-refractivity contribution in [3.05, 3.63) is 34.9 Å². The van der Waals surface area contributed by atoms with Gasteiger partial charge in [-0.25, -0.2) is 0 Å². The highest BCUT2D eigenvalue weighted by atomic mass is 35.5. The minimum Gasteiger partial charge on any atom is -0.356 e. The van der Waals surface area contributed by atoms with Crippen molar-refractivity contribution in [1.82, 2.24) is 24.9 Å². The first-order valence-electron chi connectivity index (χ1n) is 7.33. The number of amides is 1. The zero-order valence-electron chi connectivity index (χ0n) is 13.0. The predicted octanol–water partition coefficient (Wildman–Crippen LogP) is 2.66. The molecule has 0 spiro atoms. The van der Waals surface area contributed by atoms with Gasteiger partial charge in [0.25, 0.3) is 0 Å². The maximum atomic E-state index is 12.7. The first-order valence-corrected chi connectivity index (χ1v) is 7.71. The number of rotatable bonds is 7. The molecule has 0 radical (unpaired) electrons. The molecule has 2 aromatic rings. The molecule has 0 saturated carbocycles. The third kappa shape index (κ3) is 4.73. The summed E-state index contributed by atoms with van der Waals surface area (Å²) in [6, 6.07) is 1.81. The molecule has 0 unspecified atom stereocenters. The van der Waals surface area contributed by atoms with E-state index in [2.05, 4.69) is 15.5 Å². The number of aromatic nitrogens is 4. The second-order valence-electron chi connectivity index (χ2n) is 5.19. The molecule has 0 aromatic carbocycles. The minimum atomic E-state index is -4.61. The summed E-state index contributed by atoms with van der Waals surface area (Å²) in [7, 11) is 0. The van der Waals surface area contributed by atoms with Crippen LogP contribution in [0.3, 0.4) is 0 Å². The fourth-order valence-corrected chi connectivity index (χ4v) is 2.36. The molecule has 0 aliphatic heterocycles. The Morgan fingerprint density at radius 2 is 2.12 bits per heavy atom. The molecule has 132 valence electrons. The lowest BCUT2D eigenvalue weighted by atomic mass is 10.3. The number of nitrogens with zero attached hydrogens (tertiary/aromatic N) is 4. The zero-order chi connectivity index (χ0) is 17.7. The normalized spacial score (nSPS) is 11.7. The van der Waals surface area contributed by atoms with E-state index in [1.54, 1.807) is 10.9 Å². The van der Waals surface area contributed by atoms with Gasteiger partial charge in [-0.3, -0.25) is 14.2 Å². The summed E-state index contributed by atoms with van der Waals surface area (Å²) in [5, 5.41) is 9.77. The van der Waals surface area contributed by atoms with Gasteiger partial charge in [-0.1, -0.05) is 11.6 Å². The standard InChI is InChI=1S/C14H17ClF3N5O/c1-10-12(15)13(14(16,17)18)21-23(10)9-4-11(24)19-5-2-7-22-8-3-6-20-22/h3,6,8H,2,4-5,7,9H2,1H3,(H,19,24). The van der Waals surface area contributed by atoms with E-state index in [0.29, 0.717) is 19.5 Å². The fourth-order valence-electron chi connectivity index (χ4n) is 2.12. The second-order valence-corrected chi connectivity index (χ2v) is 5.57. The van der Waals surface area contributed by atoms with Crippen LogP contribution in [0.4, 0.5) is 13.2 Å². The van der Waals surface area contributed by atoms with Crippen molar-refractivity contribution in [3.63, 3.8) is 0 Å². The highest BCUT2D eigenvalue weighted by Gasteiger charge is 2.38. The van der Waals surface area contributed by atoms with E-state index in [0.717, 1.165) is 4.68 Å². The van der Waals surface area contributed by atoms with Gasteiger partial charge >= 0.3 is 6.18 Å². The lowest BCUT2D eigenvalue weighted by molar-refractivity contribution is -0.141. The number of aryl methyl sites for hydroxylation is 2. The molecule has 0 bridgehead atoms. The van der Waals surface area contributed by atoms with Crippen molar-refractivity contribution in [2.45, 2.75) is 39.0 Å². The van der Waals surface area contributed by atoms with Crippen LogP contribution in [0.2, 0.25) is 5.02 Å². The van der Waals surface area contributed by atoms with E-state index in [-0.39, 0.29) is 24.6 Å². The monoisotopic (exact) mass is 363 g/mol. The van der Waals surface area contributed by atoms with E-state index in [1.807, 2.05) is 12.3 Å². The van der Waals surface area contributed by atoms with Crippen LogP contribution >= 0.6 is 11.6 Å². The summed E-state index contributed by atoms with van der Waals surface area (Å²) >= 11 is 5.65. The molecule has 1 amide bonds. The topological polar surface area (TPSA) is 64.7 Å². The lowest BCUT2D eigenvalue weighted by Gasteiger charge is -2.07. The van der Waals surface area contributed by atoms with E-state index in [9.17, 15) is 18.0 Å². The van der Waals surface area contributed by atoms with Gasteiger partial charge < -0.3 is 5.32 Å². The average molecular weight is 364 g/mol. The Morgan fingerprint density at radius 3 is 2.71 bits per heavy atom. The number of nitrogens with one attached hydrogen (secondary N) is 1. The molecule has 2 rings (SSSR count). The maximum Gasteiger partial charge on any atom is 0.436 e. The van der Waals surface area contributed by atoms with E-state index < -0.39 is 16.9 Å². The Balaban J connectivity index is 1.77. The summed E-state index contributed by atoms with van der Waals surface area (Å²) in [6.45, 7) is 2.61. The van der Waals surface area contributed by atoms with Crippen molar-refractivity contribution in [3.8, 4) is 0 Å². The van der Waals surface area contributed by atoms with Gasteiger partial charge in [-0.15, -0.1) is 0 Å². The summed E-state index contributed by atoms with van der Waals surface area (Å²) in [5.74, 6) is -0.255. The molecule has 0 aliphatic carbocycles. The quantitative estimate of drug-likeness (QED) is 0.769. The SMILES string of the molecule is Cc1c(Cl)c(C(F)(F)F)nn1CCC(=O)NCCCn1cccn1. The lowest BCUT2D eigenvalue weighted by Crippen LogP contribution is -2.26. The molecule has 10 heteroatoms. The number of hydrogen-bond donors (Lipinski definition) is 1. The van der Waals surface area contributed by atoms with Gasteiger partial charge in [0.05, 0.1) is 17.3 Å². The van der Waals surface area contributed by atoms with Gasteiger partial charge in [0, 0.05) is 31.9 Å². The minimum absolute atomic E-state index is 0.0257. The van der Waals surface area contributed by atoms with Crippen LogP contribution in [0.15, 0.2) is 18.5 Å². The Morgan fingerprint density at radius 1 is 1.38 bits per heavy atom. The number of hydrogen-bond acceptors (Lipinski definition) is 3. The summed E-state index contributed by atoms with van der Waals surface area (Å²) in [5.41, 5.74) is -0.934. The number of carbonyl (C=O) groups excluding carboxylic acids is 1. The third-order valence-corrected chi connectivity index (χ3v) is 3.85. The molecule has 24 heavy (non-hydrogen) atoms. The van der Waals surface area contributed by atoms with Gasteiger partial charge in [0.2, 0.25) is 5.91 Å². The molecule has 1 N–H and O–H groups in total. The van der Waals surface area contributed by atoms with Crippen molar-refractivity contribution in [2.24, 2.45) is 0 Å². The van der Waals surface area contributed by atoms with Gasteiger partial charge in [0.1, 0.15) is 0 Å². The molecule has 2 heterocycles. The highest BCUT2D eigenvalue weighted by Crippen LogP contribution is 2.35. The molecule has 2 aromatic heterocycles. The summed E-state index contributed by atoms with van der Waals surface area (Å²) in [4.78, 5) is 11.7. The van der Waals surface area contributed by atoms with Gasteiger partial charge in [-0.2, -0.15) is 23.4 Å². The van der Waals surface area contributed by atoms with Crippen molar-refractivity contribution >= 4 is 17.5 Å². The third-order valence-electron chi connectivity index (χ3n) is 3.40. The number of alkyl halides is 3. The number of halogens is 4. The van der Waals surface area contributed by atoms with Crippen molar-refractivity contribution < 1.29 is 18.0 Å². The molecule has 0 fully saturated rings. The molecule has 0 atom stereocenters. The molecule has 0 aliphatic rings. The Hall–Kier alpha value is -2.03. The molecule has 6 nitrogen and oxygen atoms in total. The largest absolute Gasteiger partial charge is 0.436 e. The predicted molar refractivity (Wildman–Crippen MR) is 81.4 cm³/mol.